The molecular weight excluding hydrogens is 320 g/mol. The van der Waals surface area contributed by atoms with Gasteiger partial charge in [0, 0.05) is 5.02 Å². The van der Waals surface area contributed by atoms with Crippen LogP contribution in [-0.4, -0.2) is 5.97 Å². The molecular formula is C21H25ClO2. The number of carbonyl (C=O) groups excluding carboxylic acids is 1. The van der Waals surface area contributed by atoms with Crippen LogP contribution in [-0.2, 0) is 5.41 Å². The van der Waals surface area contributed by atoms with E-state index in [1.165, 1.54) is 5.56 Å². The molecule has 0 aliphatic rings. The average molecular weight is 345 g/mol. The summed E-state index contributed by atoms with van der Waals surface area (Å²) >= 11 is 5.83. The number of esters is 1. The first-order chi connectivity index (χ1) is 11.1. The van der Waals surface area contributed by atoms with E-state index in [2.05, 4.69) is 34.6 Å². The summed E-state index contributed by atoms with van der Waals surface area (Å²) in [4.78, 5) is 12.1. The molecule has 0 heterocycles. The number of benzene rings is 2. The SMILES string of the molecule is CC(C)(C)CC(C)(C)c1ccc(OC(=O)c2ccc(Cl)cc2)cc1. The molecule has 24 heavy (non-hydrogen) atoms. The van der Waals surface area contributed by atoms with Gasteiger partial charge in [-0.25, -0.2) is 4.79 Å². The first-order valence-electron chi connectivity index (χ1n) is 8.15. The molecule has 0 atom stereocenters. The van der Waals surface area contributed by atoms with E-state index in [4.69, 9.17) is 16.3 Å². The Morgan fingerprint density at radius 1 is 0.917 bits per heavy atom. The highest BCUT2D eigenvalue weighted by Crippen LogP contribution is 2.36. The average Bonchev–Trinajstić information content (AvgIpc) is 2.46. The molecule has 3 heteroatoms. The van der Waals surface area contributed by atoms with Crippen molar-refractivity contribution in [2.45, 2.75) is 46.5 Å². The summed E-state index contributed by atoms with van der Waals surface area (Å²) in [5.74, 6) is 0.165. The molecule has 0 aliphatic heterocycles. The molecule has 0 saturated heterocycles. The van der Waals surface area contributed by atoms with E-state index in [0.29, 0.717) is 16.3 Å². The largest absolute Gasteiger partial charge is 0.423 e. The molecule has 0 aromatic heterocycles. The molecule has 0 spiro atoms. The molecule has 2 nitrogen and oxygen atoms in total. The Morgan fingerprint density at radius 2 is 1.46 bits per heavy atom. The van der Waals surface area contributed by atoms with Gasteiger partial charge in [0.2, 0.25) is 0 Å². The Kier molecular flexibility index (Phi) is 5.39. The van der Waals surface area contributed by atoms with Gasteiger partial charge in [0.15, 0.2) is 0 Å². The molecule has 128 valence electrons. The van der Waals surface area contributed by atoms with Gasteiger partial charge in [0.05, 0.1) is 5.56 Å². The van der Waals surface area contributed by atoms with E-state index in [1.54, 1.807) is 24.3 Å². The second kappa shape index (κ2) is 6.98. The highest BCUT2D eigenvalue weighted by molar-refractivity contribution is 6.30. The number of rotatable bonds is 4. The Hall–Kier alpha value is -1.80. The number of ether oxygens (including phenoxy) is 1. The fourth-order valence-corrected chi connectivity index (χ4v) is 3.28. The van der Waals surface area contributed by atoms with Gasteiger partial charge in [0.1, 0.15) is 5.75 Å². The van der Waals surface area contributed by atoms with Crippen molar-refractivity contribution in [3.05, 3.63) is 64.7 Å². The molecule has 0 radical (unpaired) electrons. The van der Waals surface area contributed by atoms with Gasteiger partial charge in [-0.15, -0.1) is 0 Å². The molecule has 0 N–H and O–H groups in total. The van der Waals surface area contributed by atoms with Crippen molar-refractivity contribution in [3.8, 4) is 5.75 Å². The quantitative estimate of drug-likeness (QED) is 0.482. The van der Waals surface area contributed by atoms with Crippen LogP contribution in [0.4, 0.5) is 0 Å². The number of halogens is 1. The summed E-state index contributed by atoms with van der Waals surface area (Å²) in [6.45, 7) is 11.2. The predicted molar refractivity (Wildman–Crippen MR) is 100.0 cm³/mol. The molecule has 2 aromatic rings. The molecule has 0 fully saturated rings. The standard InChI is InChI=1S/C21H25ClO2/c1-20(2,3)14-21(4,5)16-8-12-18(13-9-16)24-19(23)15-6-10-17(22)11-7-15/h6-13H,14H2,1-5H3. The summed E-state index contributed by atoms with van der Waals surface area (Å²) in [6, 6.07) is 14.5. The summed E-state index contributed by atoms with van der Waals surface area (Å²) < 4.78 is 5.43. The van der Waals surface area contributed by atoms with Crippen LogP contribution in [0.3, 0.4) is 0 Å². The van der Waals surface area contributed by atoms with Gasteiger partial charge in [-0.3, -0.25) is 0 Å². The fraction of sp³-hybridized carbons (Fsp3) is 0.381. The van der Waals surface area contributed by atoms with Crippen LogP contribution in [0.5, 0.6) is 5.75 Å². The number of carbonyl (C=O) groups is 1. The minimum atomic E-state index is -0.381. The van der Waals surface area contributed by atoms with E-state index in [-0.39, 0.29) is 16.8 Å². The molecule has 2 aromatic carbocycles. The van der Waals surface area contributed by atoms with Crippen LogP contribution in [0.1, 0.15) is 57.0 Å². The third-order valence-corrected chi connectivity index (χ3v) is 4.15. The number of hydrogen-bond donors (Lipinski definition) is 0. The predicted octanol–water partition coefficient (Wildman–Crippen LogP) is 6.27. The maximum atomic E-state index is 12.1. The summed E-state index contributed by atoms with van der Waals surface area (Å²) in [6.07, 6.45) is 1.07. The summed E-state index contributed by atoms with van der Waals surface area (Å²) in [5, 5.41) is 0.594. The number of hydrogen-bond acceptors (Lipinski definition) is 2. The third-order valence-electron chi connectivity index (χ3n) is 3.90. The normalized spacial score (nSPS) is 12.1. The van der Waals surface area contributed by atoms with Gasteiger partial charge in [0.25, 0.3) is 0 Å². The molecule has 0 unspecified atom stereocenters. The summed E-state index contributed by atoms with van der Waals surface area (Å²) in [5.41, 5.74) is 2.04. The lowest BCUT2D eigenvalue weighted by Gasteiger charge is -2.33. The van der Waals surface area contributed by atoms with Gasteiger partial charge in [-0.1, -0.05) is 58.4 Å². The lowest BCUT2D eigenvalue weighted by atomic mass is 9.72. The van der Waals surface area contributed by atoms with Crippen molar-refractivity contribution in [3.63, 3.8) is 0 Å². The molecule has 2 rings (SSSR count). The van der Waals surface area contributed by atoms with E-state index < -0.39 is 0 Å². The first kappa shape index (κ1) is 18.5. The maximum Gasteiger partial charge on any atom is 0.343 e. The van der Waals surface area contributed by atoms with Crippen LogP contribution >= 0.6 is 11.6 Å². The zero-order chi connectivity index (χ0) is 18.0. The van der Waals surface area contributed by atoms with Crippen molar-refractivity contribution in [1.82, 2.24) is 0 Å². The topological polar surface area (TPSA) is 26.3 Å². The highest BCUT2D eigenvalue weighted by Gasteiger charge is 2.27. The second-order valence-electron chi connectivity index (χ2n) is 8.04. The van der Waals surface area contributed by atoms with Crippen LogP contribution in [0.2, 0.25) is 5.02 Å². The Balaban J connectivity index is 2.09. The lowest BCUT2D eigenvalue weighted by molar-refractivity contribution is 0.0734. The minimum Gasteiger partial charge on any atom is -0.423 e. The second-order valence-corrected chi connectivity index (χ2v) is 8.48. The van der Waals surface area contributed by atoms with E-state index >= 15 is 0 Å². The van der Waals surface area contributed by atoms with Crippen LogP contribution in [0, 0.1) is 5.41 Å². The van der Waals surface area contributed by atoms with E-state index in [1.807, 2.05) is 24.3 Å². The van der Waals surface area contributed by atoms with Crippen molar-refractivity contribution in [2.75, 3.05) is 0 Å². The summed E-state index contributed by atoms with van der Waals surface area (Å²) in [7, 11) is 0. The first-order valence-corrected chi connectivity index (χ1v) is 8.53. The maximum absolute atomic E-state index is 12.1. The van der Waals surface area contributed by atoms with Crippen molar-refractivity contribution >= 4 is 17.6 Å². The molecule has 0 amide bonds. The molecule has 0 saturated carbocycles. The molecule has 0 aliphatic carbocycles. The van der Waals surface area contributed by atoms with Crippen molar-refractivity contribution < 1.29 is 9.53 Å². The van der Waals surface area contributed by atoms with Crippen LogP contribution in [0.15, 0.2) is 48.5 Å². The Bertz CT molecular complexity index is 692. The van der Waals surface area contributed by atoms with Gasteiger partial charge in [-0.2, -0.15) is 0 Å². The Labute approximate surface area is 149 Å². The zero-order valence-electron chi connectivity index (χ0n) is 15.0. The van der Waals surface area contributed by atoms with E-state index in [0.717, 1.165) is 6.42 Å². The van der Waals surface area contributed by atoms with Crippen LogP contribution in [0.25, 0.3) is 0 Å². The van der Waals surface area contributed by atoms with E-state index in [9.17, 15) is 4.79 Å². The monoisotopic (exact) mass is 344 g/mol. The van der Waals surface area contributed by atoms with Crippen molar-refractivity contribution in [1.29, 1.82) is 0 Å². The van der Waals surface area contributed by atoms with Crippen LogP contribution < -0.4 is 4.74 Å². The fourth-order valence-electron chi connectivity index (χ4n) is 3.15. The lowest BCUT2D eigenvalue weighted by Crippen LogP contribution is -2.24. The van der Waals surface area contributed by atoms with Crippen molar-refractivity contribution in [2.24, 2.45) is 5.41 Å². The highest BCUT2D eigenvalue weighted by atomic mass is 35.5. The van der Waals surface area contributed by atoms with Gasteiger partial charge < -0.3 is 4.74 Å². The van der Waals surface area contributed by atoms with Gasteiger partial charge in [-0.05, 0) is 59.2 Å². The van der Waals surface area contributed by atoms with Gasteiger partial charge >= 0.3 is 5.97 Å². The smallest absolute Gasteiger partial charge is 0.343 e. The minimum absolute atomic E-state index is 0.0664. The molecule has 0 bridgehead atoms. The Morgan fingerprint density at radius 3 is 1.96 bits per heavy atom. The third kappa shape index (κ3) is 5.10. The zero-order valence-corrected chi connectivity index (χ0v) is 15.8.